The van der Waals surface area contributed by atoms with Crippen LogP contribution in [0, 0.1) is 0 Å². The van der Waals surface area contributed by atoms with Crippen molar-refractivity contribution in [2.24, 2.45) is 0 Å². The molecule has 1 aromatic carbocycles. The van der Waals surface area contributed by atoms with Gasteiger partial charge in [-0.25, -0.2) is 0 Å². The molecule has 4 nitrogen and oxygen atoms in total. The van der Waals surface area contributed by atoms with Gasteiger partial charge in [-0.1, -0.05) is 15.9 Å². The number of hydrogen-bond donors (Lipinski definition) is 3. The fraction of sp³-hybridized carbons (Fsp3) is 0.308. The van der Waals surface area contributed by atoms with Gasteiger partial charge in [-0.3, -0.25) is 4.79 Å². The molecular formula is C13H16BrN3O. The molecular weight excluding hydrogens is 294 g/mol. The molecule has 0 bridgehead atoms. The molecule has 1 aliphatic carbocycles. The van der Waals surface area contributed by atoms with E-state index in [4.69, 9.17) is 0 Å². The van der Waals surface area contributed by atoms with E-state index in [0.717, 1.165) is 16.0 Å². The summed E-state index contributed by atoms with van der Waals surface area (Å²) < 4.78 is 0.988. The van der Waals surface area contributed by atoms with Crippen LogP contribution in [-0.4, -0.2) is 19.0 Å². The molecule has 0 aliphatic heterocycles. The molecule has 0 saturated heterocycles. The molecule has 96 valence electrons. The van der Waals surface area contributed by atoms with E-state index in [1.54, 1.807) is 13.1 Å². The molecule has 1 amide bonds. The van der Waals surface area contributed by atoms with Gasteiger partial charge in [-0.2, -0.15) is 0 Å². The number of hydrogen-bond acceptors (Lipinski definition) is 3. The van der Waals surface area contributed by atoms with Gasteiger partial charge in [0.05, 0.1) is 0 Å². The maximum Gasteiger partial charge on any atom is 0.251 e. The summed E-state index contributed by atoms with van der Waals surface area (Å²) in [4.78, 5) is 11.8. The van der Waals surface area contributed by atoms with Gasteiger partial charge in [-0.15, -0.1) is 0 Å². The van der Waals surface area contributed by atoms with Gasteiger partial charge in [0, 0.05) is 29.3 Å². The summed E-state index contributed by atoms with van der Waals surface area (Å²) in [5, 5.41) is 9.04. The zero-order valence-corrected chi connectivity index (χ0v) is 11.8. The molecule has 0 radical (unpaired) electrons. The topological polar surface area (TPSA) is 53.2 Å². The van der Waals surface area contributed by atoms with Gasteiger partial charge in [0.15, 0.2) is 0 Å². The standard InChI is InChI=1S/C13H16BrN3O/c1-15-12(16-10-6-7-10)8-13(18)17-11-4-2-9(14)3-5-11/h2-5,8,10,15-16H,6-7H2,1H3,(H,17,18)/b12-8-. The highest BCUT2D eigenvalue weighted by Gasteiger charge is 2.21. The quantitative estimate of drug-likeness (QED) is 0.731. The second-order valence-electron chi connectivity index (χ2n) is 4.22. The molecule has 1 aromatic rings. The minimum atomic E-state index is -0.144. The van der Waals surface area contributed by atoms with Crippen LogP contribution >= 0.6 is 15.9 Å². The zero-order chi connectivity index (χ0) is 13.0. The van der Waals surface area contributed by atoms with E-state index >= 15 is 0 Å². The van der Waals surface area contributed by atoms with Crippen molar-refractivity contribution in [3.05, 3.63) is 40.6 Å². The number of halogens is 1. The van der Waals surface area contributed by atoms with E-state index in [-0.39, 0.29) is 5.91 Å². The van der Waals surface area contributed by atoms with Crippen LogP contribution in [0.15, 0.2) is 40.6 Å². The van der Waals surface area contributed by atoms with Crippen LogP contribution in [0.3, 0.4) is 0 Å². The predicted octanol–water partition coefficient (Wildman–Crippen LogP) is 2.20. The lowest BCUT2D eigenvalue weighted by Gasteiger charge is -2.09. The molecule has 1 saturated carbocycles. The smallest absolute Gasteiger partial charge is 0.251 e. The first-order valence-corrected chi connectivity index (χ1v) is 6.69. The fourth-order valence-electron chi connectivity index (χ4n) is 1.48. The van der Waals surface area contributed by atoms with Gasteiger partial charge < -0.3 is 16.0 Å². The number of nitrogens with one attached hydrogen (secondary N) is 3. The molecule has 0 heterocycles. The largest absolute Gasteiger partial charge is 0.375 e. The van der Waals surface area contributed by atoms with Crippen LogP contribution in [0.25, 0.3) is 0 Å². The molecule has 1 aliphatic rings. The maximum atomic E-state index is 11.8. The van der Waals surface area contributed by atoms with Crippen LogP contribution < -0.4 is 16.0 Å². The van der Waals surface area contributed by atoms with E-state index < -0.39 is 0 Å². The van der Waals surface area contributed by atoms with E-state index in [2.05, 4.69) is 31.9 Å². The summed E-state index contributed by atoms with van der Waals surface area (Å²) in [5.74, 6) is 0.613. The lowest BCUT2D eigenvalue weighted by Crippen LogP contribution is -2.27. The molecule has 0 aromatic heterocycles. The Morgan fingerprint density at radius 3 is 2.56 bits per heavy atom. The summed E-state index contributed by atoms with van der Waals surface area (Å²) in [6.45, 7) is 0. The molecule has 18 heavy (non-hydrogen) atoms. The van der Waals surface area contributed by atoms with Crippen molar-refractivity contribution in [1.29, 1.82) is 0 Å². The summed E-state index contributed by atoms with van der Waals surface area (Å²) in [6, 6.07) is 8.00. The Morgan fingerprint density at radius 2 is 2.00 bits per heavy atom. The summed E-state index contributed by atoms with van der Waals surface area (Å²) >= 11 is 3.35. The highest BCUT2D eigenvalue weighted by molar-refractivity contribution is 9.10. The lowest BCUT2D eigenvalue weighted by atomic mass is 10.3. The summed E-state index contributed by atoms with van der Waals surface area (Å²) in [6.07, 6.45) is 3.89. The first-order chi connectivity index (χ1) is 8.67. The van der Waals surface area contributed by atoms with Crippen molar-refractivity contribution in [1.82, 2.24) is 10.6 Å². The van der Waals surface area contributed by atoms with Crippen LogP contribution in [-0.2, 0) is 4.79 Å². The third-order valence-electron chi connectivity index (χ3n) is 2.59. The van der Waals surface area contributed by atoms with Crippen molar-refractivity contribution in [3.8, 4) is 0 Å². The Kier molecular flexibility index (Phi) is 4.25. The summed E-state index contributed by atoms with van der Waals surface area (Å²) in [5.41, 5.74) is 0.779. The second-order valence-corrected chi connectivity index (χ2v) is 5.14. The number of anilines is 1. The van der Waals surface area contributed by atoms with Crippen LogP contribution in [0.5, 0.6) is 0 Å². The third-order valence-corrected chi connectivity index (χ3v) is 3.12. The highest BCUT2D eigenvalue weighted by Crippen LogP contribution is 2.19. The summed E-state index contributed by atoms with van der Waals surface area (Å²) in [7, 11) is 1.80. The number of amides is 1. The number of carbonyl (C=O) groups excluding carboxylic acids is 1. The average molecular weight is 310 g/mol. The molecule has 2 rings (SSSR count). The number of rotatable bonds is 5. The third kappa shape index (κ3) is 4.07. The fourth-order valence-corrected chi connectivity index (χ4v) is 1.74. The lowest BCUT2D eigenvalue weighted by molar-refractivity contribution is -0.112. The molecule has 0 unspecified atom stereocenters. The van der Waals surface area contributed by atoms with Gasteiger partial charge in [0.2, 0.25) is 0 Å². The minimum Gasteiger partial charge on any atom is -0.375 e. The Balaban J connectivity index is 1.93. The van der Waals surface area contributed by atoms with Crippen molar-refractivity contribution in [3.63, 3.8) is 0 Å². The molecule has 0 spiro atoms. The van der Waals surface area contributed by atoms with Gasteiger partial charge in [0.1, 0.15) is 5.82 Å². The number of carbonyl (C=O) groups is 1. The van der Waals surface area contributed by atoms with E-state index in [0.29, 0.717) is 6.04 Å². The molecule has 3 N–H and O–H groups in total. The SMILES string of the molecule is CN/C(=C/C(=O)Nc1ccc(Br)cc1)NC1CC1. The van der Waals surface area contributed by atoms with E-state index in [1.165, 1.54) is 12.8 Å². The Hall–Kier alpha value is -1.49. The van der Waals surface area contributed by atoms with Crippen LogP contribution in [0.2, 0.25) is 0 Å². The Labute approximate surface area is 115 Å². The Morgan fingerprint density at radius 1 is 1.33 bits per heavy atom. The molecule has 0 atom stereocenters. The predicted molar refractivity (Wildman–Crippen MR) is 76.1 cm³/mol. The van der Waals surface area contributed by atoms with Crippen LogP contribution in [0.4, 0.5) is 5.69 Å². The Bertz CT molecular complexity index is 452. The maximum absolute atomic E-state index is 11.8. The zero-order valence-electron chi connectivity index (χ0n) is 10.2. The van der Waals surface area contributed by atoms with Gasteiger partial charge in [0.25, 0.3) is 5.91 Å². The van der Waals surface area contributed by atoms with Gasteiger partial charge in [-0.05, 0) is 37.1 Å². The molecule has 1 fully saturated rings. The molecule has 5 heteroatoms. The van der Waals surface area contributed by atoms with Gasteiger partial charge >= 0.3 is 0 Å². The minimum absolute atomic E-state index is 0.144. The monoisotopic (exact) mass is 309 g/mol. The van der Waals surface area contributed by atoms with Crippen molar-refractivity contribution < 1.29 is 4.79 Å². The van der Waals surface area contributed by atoms with E-state index in [9.17, 15) is 4.79 Å². The van der Waals surface area contributed by atoms with Crippen molar-refractivity contribution in [2.45, 2.75) is 18.9 Å². The van der Waals surface area contributed by atoms with Crippen LogP contribution in [0.1, 0.15) is 12.8 Å². The van der Waals surface area contributed by atoms with Crippen molar-refractivity contribution in [2.75, 3.05) is 12.4 Å². The average Bonchev–Trinajstić information content (AvgIpc) is 3.15. The van der Waals surface area contributed by atoms with E-state index in [1.807, 2.05) is 24.3 Å². The normalized spacial score (nSPS) is 15.1. The highest BCUT2D eigenvalue weighted by atomic mass is 79.9. The second kappa shape index (κ2) is 5.91. The van der Waals surface area contributed by atoms with Crippen molar-refractivity contribution >= 4 is 27.5 Å². The number of benzene rings is 1. The first-order valence-electron chi connectivity index (χ1n) is 5.90. The first kappa shape index (κ1) is 13.0.